The van der Waals surface area contributed by atoms with Gasteiger partial charge in [-0.3, -0.25) is 0 Å². The third-order valence-electron chi connectivity index (χ3n) is 4.17. The number of nitrogens with zero attached hydrogens (tertiary/aromatic N) is 1. The fraction of sp³-hybridized carbons (Fsp3) is 0.500. The van der Waals surface area contributed by atoms with E-state index >= 15 is 0 Å². The summed E-state index contributed by atoms with van der Waals surface area (Å²) in [7, 11) is 2.07. The molecule has 20 heavy (non-hydrogen) atoms. The summed E-state index contributed by atoms with van der Waals surface area (Å²) in [4.78, 5) is 0. The average molecular weight is 274 g/mol. The second kappa shape index (κ2) is 5.56. The molecule has 1 aromatic carbocycles. The lowest BCUT2D eigenvalue weighted by molar-refractivity contribution is -0.0616. The zero-order chi connectivity index (χ0) is 14.0. The standard InChI is InChI=1S/C16H22N2O2/c1-18-11-13(14-4-2-3-5-15(14)18)10-17-12-16(19)6-8-20-9-7-16/h2-5,11,17,19H,6-10,12H2,1H3. The smallest absolute Gasteiger partial charge is 0.0815 e. The minimum absolute atomic E-state index is 0.608. The molecule has 2 N–H and O–H groups in total. The van der Waals surface area contributed by atoms with Gasteiger partial charge < -0.3 is 19.7 Å². The van der Waals surface area contributed by atoms with Gasteiger partial charge in [-0.2, -0.15) is 0 Å². The highest BCUT2D eigenvalue weighted by Gasteiger charge is 2.29. The number of hydrogen-bond acceptors (Lipinski definition) is 3. The zero-order valence-electron chi connectivity index (χ0n) is 11.9. The van der Waals surface area contributed by atoms with E-state index in [1.54, 1.807) is 0 Å². The maximum absolute atomic E-state index is 10.4. The summed E-state index contributed by atoms with van der Waals surface area (Å²) in [6, 6.07) is 8.41. The summed E-state index contributed by atoms with van der Waals surface area (Å²) in [6.45, 7) is 2.73. The molecule has 0 spiro atoms. The minimum Gasteiger partial charge on any atom is -0.388 e. The second-order valence-electron chi connectivity index (χ2n) is 5.72. The summed E-state index contributed by atoms with van der Waals surface area (Å²) >= 11 is 0. The lowest BCUT2D eigenvalue weighted by Gasteiger charge is -2.32. The molecule has 1 saturated heterocycles. The highest BCUT2D eigenvalue weighted by Crippen LogP contribution is 2.22. The van der Waals surface area contributed by atoms with Crippen molar-refractivity contribution in [3.8, 4) is 0 Å². The predicted octanol–water partition coefficient (Wildman–Crippen LogP) is 1.81. The molecule has 4 heteroatoms. The van der Waals surface area contributed by atoms with Crippen LogP contribution in [-0.2, 0) is 18.3 Å². The van der Waals surface area contributed by atoms with Crippen molar-refractivity contribution < 1.29 is 9.84 Å². The first-order valence-corrected chi connectivity index (χ1v) is 7.22. The van der Waals surface area contributed by atoms with Gasteiger partial charge in [-0.1, -0.05) is 18.2 Å². The van der Waals surface area contributed by atoms with Gasteiger partial charge in [-0.25, -0.2) is 0 Å². The quantitative estimate of drug-likeness (QED) is 0.894. The van der Waals surface area contributed by atoms with Crippen molar-refractivity contribution in [3.63, 3.8) is 0 Å². The van der Waals surface area contributed by atoms with Gasteiger partial charge in [0.25, 0.3) is 0 Å². The van der Waals surface area contributed by atoms with Crippen LogP contribution in [0.2, 0.25) is 0 Å². The van der Waals surface area contributed by atoms with E-state index < -0.39 is 5.60 Å². The monoisotopic (exact) mass is 274 g/mol. The molecule has 0 radical (unpaired) electrons. The summed E-state index contributed by atoms with van der Waals surface area (Å²) in [5.74, 6) is 0. The molecule has 1 aromatic heterocycles. The second-order valence-corrected chi connectivity index (χ2v) is 5.72. The van der Waals surface area contributed by atoms with Crippen molar-refractivity contribution >= 4 is 10.9 Å². The molecule has 3 rings (SSSR count). The number of nitrogens with one attached hydrogen (secondary N) is 1. The number of aryl methyl sites for hydroxylation is 1. The number of aromatic nitrogens is 1. The number of benzene rings is 1. The summed E-state index contributed by atoms with van der Waals surface area (Å²) < 4.78 is 7.45. The summed E-state index contributed by atoms with van der Waals surface area (Å²) in [5, 5.41) is 15.1. The van der Waals surface area contributed by atoms with Crippen LogP contribution >= 0.6 is 0 Å². The van der Waals surface area contributed by atoms with Crippen molar-refractivity contribution in [2.75, 3.05) is 19.8 Å². The Morgan fingerprint density at radius 3 is 2.85 bits per heavy atom. The number of aliphatic hydroxyl groups is 1. The molecular formula is C16H22N2O2. The fourth-order valence-corrected chi connectivity index (χ4v) is 2.92. The van der Waals surface area contributed by atoms with Gasteiger partial charge in [0.15, 0.2) is 0 Å². The molecule has 4 nitrogen and oxygen atoms in total. The fourth-order valence-electron chi connectivity index (χ4n) is 2.92. The van der Waals surface area contributed by atoms with E-state index in [9.17, 15) is 5.11 Å². The third-order valence-corrected chi connectivity index (χ3v) is 4.17. The van der Waals surface area contributed by atoms with Gasteiger partial charge in [0.2, 0.25) is 0 Å². The molecule has 0 aliphatic carbocycles. The van der Waals surface area contributed by atoms with E-state index in [2.05, 4.69) is 47.4 Å². The van der Waals surface area contributed by atoms with Gasteiger partial charge in [0.05, 0.1) is 5.60 Å². The van der Waals surface area contributed by atoms with Crippen LogP contribution in [0.3, 0.4) is 0 Å². The van der Waals surface area contributed by atoms with Crippen LogP contribution in [0.15, 0.2) is 30.5 Å². The highest BCUT2D eigenvalue weighted by molar-refractivity contribution is 5.83. The Balaban J connectivity index is 1.65. The molecule has 2 aromatic rings. The van der Waals surface area contributed by atoms with Crippen LogP contribution in [0.25, 0.3) is 10.9 Å². The first-order chi connectivity index (χ1) is 9.68. The number of hydrogen-bond donors (Lipinski definition) is 2. The van der Waals surface area contributed by atoms with Crippen LogP contribution in [0.4, 0.5) is 0 Å². The molecule has 0 bridgehead atoms. The zero-order valence-corrected chi connectivity index (χ0v) is 11.9. The van der Waals surface area contributed by atoms with Crippen LogP contribution in [0, 0.1) is 0 Å². The molecule has 0 atom stereocenters. The maximum atomic E-state index is 10.4. The van der Waals surface area contributed by atoms with Gasteiger partial charge in [0, 0.05) is 63.3 Å². The molecule has 1 aliphatic rings. The van der Waals surface area contributed by atoms with E-state index in [0.717, 1.165) is 19.4 Å². The molecule has 108 valence electrons. The van der Waals surface area contributed by atoms with E-state index in [0.29, 0.717) is 19.8 Å². The number of rotatable bonds is 4. The first-order valence-electron chi connectivity index (χ1n) is 7.22. The molecular weight excluding hydrogens is 252 g/mol. The Morgan fingerprint density at radius 2 is 2.05 bits per heavy atom. The maximum Gasteiger partial charge on any atom is 0.0815 e. The minimum atomic E-state index is -0.608. The van der Waals surface area contributed by atoms with Gasteiger partial charge in [0.1, 0.15) is 0 Å². The van der Waals surface area contributed by atoms with Crippen LogP contribution in [-0.4, -0.2) is 35.0 Å². The van der Waals surface area contributed by atoms with Crippen molar-refractivity contribution in [1.29, 1.82) is 0 Å². The van der Waals surface area contributed by atoms with Crippen molar-refractivity contribution in [2.45, 2.75) is 25.0 Å². The lowest BCUT2D eigenvalue weighted by Crippen LogP contribution is -2.44. The molecule has 0 unspecified atom stereocenters. The molecule has 0 amide bonds. The SMILES string of the molecule is Cn1cc(CNCC2(O)CCOCC2)c2ccccc21. The third kappa shape index (κ3) is 2.73. The summed E-state index contributed by atoms with van der Waals surface area (Å²) in [5.41, 5.74) is 1.91. The van der Waals surface area contributed by atoms with E-state index in [-0.39, 0.29) is 0 Å². The topological polar surface area (TPSA) is 46.4 Å². The number of fused-ring (bicyclic) bond motifs is 1. The Hall–Kier alpha value is -1.36. The first kappa shape index (κ1) is 13.6. The van der Waals surface area contributed by atoms with E-state index in [4.69, 9.17) is 4.74 Å². The van der Waals surface area contributed by atoms with E-state index in [1.165, 1.54) is 16.5 Å². The van der Waals surface area contributed by atoms with Gasteiger partial charge >= 0.3 is 0 Å². The van der Waals surface area contributed by atoms with Gasteiger partial charge in [-0.15, -0.1) is 0 Å². The number of ether oxygens (including phenoxy) is 1. The average Bonchev–Trinajstić information content (AvgIpc) is 2.77. The normalized spacial score (nSPS) is 18.5. The Morgan fingerprint density at radius 1 is 1.30 bits per heavy atom. The van der Waals surface area contributed by atoms with E-state index in [1.807, 2.05) is 0 Å². The number of para-hydroxylation sites is 1. The van der Waals surface area contributed by atoms with Gasteiger partial charge in [-0.05, 0) is 11.6 Å². The highest BCUT2D eigenvalue weighted by atomic mass is 16.5. The van der Waals surface area contributed by atoms with Crippen molar-refractivity contribution in [2.24, 2.45) is 7.05 Å². The van der Waals surface area contributed by atoms with Crippen molar-refractivity contribution in [3.05, 3.63) is 36.0 Å². The van der Waals surface area contributed by atoms with Crippen LogP contribution in [0.5, 0.6) is 0 Å². The summed E-state index contributed by atoms with van der Waals surface area (Å²) in [6.07, 6.45) is 3.59. The van der Waals surface area contributed by atoms with Crippen LogP contribution < -0.4 is 5.32 Å². The Bertz CT molecular complexity index is 585. The Labute approximate surface area is 119 Å². The molecule has 1 aliphatic heterocycles. The van der Waals surface area contributed by atoms with Crippen LogP contribution in [0.1, 0.15) is 18.4 Å². The molecule has 0 saturated carbocycles. The van der Waals surface area contributed by atoms with Crippen molar-refractivity contribution in [1.82, 2.24) is 9.88 Å². The molecule has 2 heterocycles. The predicted molar refractivity (Wildman–Crippen MR) is 79.6 cm³/mol. The Kier molecular flexibility index (Phi) is 3.78. The molecule has 1 fully saturated rings. The lowest BCUT2D eigenvalue weighted by atomic mass is 9.94. The largest absolute Gasteiger partial charge is 0.388 e.